The molecule has 0 saturated carbocycles. The molecule has 5 nitrogen and oxygen atoms in total. The molecular formula is C12H13ClFN5. The predicted molar refractivity (Wildman–Crippen MR) is 72.7 cm³/mol. The molecule has 100 valence electrons. The zero-order chi connectivity index (χ0) is 13.7. The van der Waals surface area contributed by atoms with Crippen molar-refractivity contribution < 1.29 is 4.39 Å². The van der Waals surface area contributed by atoms with Gasteiger partial charge < -0.3 is 10.6 Å². The minimum absolute atomic E-state index is 0.118. The lowest BCUT2D eigenvalue weighted by Gasteiger charge is -2.07. The fourth-order valence-electron chi connectivity index (χ4n) is 1.45. The summed E-state index contributed by atoms with van der Waals surface area (Å²) in [6, 6.07) is 6.19. The smallest absolute Gasteiger partial charge is 0.229 e. The van der Waals surface area contributed by atoms with Crippen LogP contribution in [-0.2, 0) is 6.54 Å². The number of hydrogen-bond donors (Lipinski definition) is 2. The zero-order valence-corrected chi connectivity index (χ0v) is 11.1. The van der Waals surface area contributed by atoms with Crippen LogP contribution in [0.15, 0.2) is 24.3 Å². The monoisotopic (exact) mass is 281 g/mol. The Kier molecular flexibility index (Phi) is 4.46. The molecule has 0 aliphatic heterocycles. The van der Waals surface area contributed by atoms with Crippen LogP contribution in [0, 0.1) is 5.82 Å². The molecule has 0 fully saturated rings. The van der Waals surface area contributed by atoms with Gasteiger partial charge in [0, 0.05) is 13.1 Å². The van der Waals surface area contributed by atoms with Crippen LogP contribution < -0.4 is 10.6 Å². The molecule has 0 aliphatic carbocycles. The molecule has 0 saturated heterocycles. The summed E-state index contributed by atoms with van der Waals surface area (Å²) in [4.78, 5) is 12.1. The summed E-state index contributed by atoms with van der Waals surface area (Å²) in [6.07, 6.45) is 0. The molecule has 2 aromatic rings. The highest BCUT2D eigenvalue weighted by Gasteiger charge is 2.04. The fraction of sp³-hybridized carbons (Fsp3) is 0.250. The largest absolute Gasteiger partial charge is 0.354 e. The molecule has 2 N–H and O–H groups in total. The molecular weight excluding hydrogens is 269 g/mol. The van der Waals surface area contributed by atoms with Gasteiger partial charge in [0.05, 0.1) is 0 Å². The van der Waals surface area contributed by atoms with Gasteiger partial charge in [0.2, 0.25) is 17.2 Å². The Balaban J connectivity index is 2.04. The molecule has 2 rings (SSSR count). The lowest BCUT2D eigenvalue weighted by molar-refractivity contribution is 0.627. The Bertz CT molecular complexity index is 546. The van der Waals surface area contributed by atoms with E-state index < -0.39 is 0 Å². The molecule has 0 unspecified atom stereocenters. The summed E-state index contributed by atoms with van der Waals surface area (Å²) >= 11 is 5.80. The van der Waals surface area contributed by atoms with Crippen molar-refractivity contribution in [1.82, 2.24) is 15.0 Å². The minimum atomic E-state index is -0.263. The maximum Gasteiger partial charge on any atom is 0.229 e. The van der Waals surface area contributed by atoms with Gasteiger partial charge in [0.1, 0.15) is 5.82 Å². The van der Waals surface area contributed by atoms with E-state index in [-0.39, 0.29) is 11.1 Å². The lowest BCUT2D eigenvalue weighted by atomic mass is 10.2. The molecule has 0 atom stereocenters. The van der Waals surface area contributed by atoms with Gasteiger partial charge in [-0.1, -0.05) is 12.1 Å². The maximum atomic E-state index is 12.8. The SMILES string of the molecule is CCNc1nc(Cl)nc(NCc2ccc(F)cc2)n1. The van der Waals surface area contributed by atoms with Gasteiger partial charge >= 0.3 is 0 Å². The van der Waals surface area contributed by atoms with Gasteiger partial charge in [0.25, 0.3) is 0 Å². The summed E-state index contributed by atoms with van der Waals surface area (Å²) in [5.41, 5.74) is 0.919. The predicted octanol–water partition coefficient (Wildman–Crippen LogP) is 2.71. The Morgan fingerprint density at radius 3 is 2.32 bits per heavy atom. The summed E-state index contributed by atoms with van der Waals surface area (Å²) in [6.45, 7) is 3.10. The van der Waals surface area contributed by atoms with Crippen molar-refractivity contribution in [3.8, 4) is 0 Å². The molecule has 0 bridgehead atoms. The molecule has 0 amide bonds. The first kappa shape index (κ1) is 13.5. The summed E-state index contributed by atoms with van der Waals surface area (Å²) < 4.78 is 12.8. The highest BCUT2D eigenvalue weighted by molar-refractivity contribution is 6.28. The van der Waals surface area contributed by atoms with E-state index in [0.29, 0.717) is 25.0 Å². The second-order valence-electron chi connectivity index (χ2n) is 3.76. The Labute approximate surface area is 115 Å². The van der Waals surface area contributed by atoms with E-state index in [9.17, 15) is 4.39 Å². The zero-order valence-electron chi connectivity index (χ0n) is 10.3. The van der Waals surface area contributed by atoms with Gasteiger partial charge in [0.15, 0.2) is 0 Å². The maximum absolute atomic E-state index is 12.8. The van der Waals surface area contributed by atoms with Crippen molar-refractivity contribution in [2.24, 2.45) is 0 Å². The summed E-state index contributed by atoms with van der Waals surface area (Å²) in [7, 11) is 0. The van der Waals surface area contributed by atoms with Crippen molar-refractivity contribution in [2.75, 3.05) is 17.2 Å². The van der Waals surface area contributed by atoms with Crippen LogP contribution in [0.3, 0.4) is 0 Å². The van der Waals surface area contributed by atoms with Crippen LogP contribution in [0.1, 0.15) is 12.5 Å². The lowest BCUT2D eigenvalue weighted by Crippen LogP contribution is -2.08. The third-order valence-corrected chi connectivity index (χ3v) is 2.48. The molecule has 0 radical (unpaired) electrons. The van der Waals surface area contributed by atoms with Gasteiger partial charge in [-0.15, -0.1) is 0 Å². The summed E-state index contributed by atoms with van der Waals surface area (Å²) in [5, 5.41) is 6.09. The van der Waals surface area contributed by atoms with Gasteiger partial charge in [-0.3, -0.25) is 0 Å². The molecule has 1 aromatic carbocycles. The molecule has 7 heteroatoms. The average molecular weight is 282 g/mol. The van der Waals surface area contributed by atoms with Crippen LogP contribution in [0.5, 0.6) is 0 Å². The van der Waals surface area contributed by atoms with E-state index in [0.717, 1.165) is 5.56 Å². The molecule has 1 heterocycles. The van der Waals surface area contributed by atoms with E-state index in [1.165, 1.54) is 12.1 Å². The number of rotatable bonds is 5. The van der Waals surface area contributed by atoms with Crippen LogP contribution in [0.4, 0.5) is 16.3 Å². The van der Waals surface area contributed by atoms with Crippen molar-refractivity contribution in [2.45, 2.75) is 13.5 Å². The number of benzene rings is 1. The average Bonchev–Trinajstić information content (AvgIpc) is 2.38. The van der Waals surface area contributed by atoms with Gasteiger partial charge in [-0.05, 0) is 36.2 Å². The van der Waals surface area contributed by atoms with Crippen LogP contribution >= 0.6 is 11.6 Å². The summed E-state index contributed by atoms with van der Waals surface area (Å²) in [5.74, 6) is 0.533. The van der Waals surface area contributed by atoms with E-state index in [2.05, 4.69) is 25.6 Å². The first-order chi connectivity index (χ1) is 9.17. The van der Waals surface area contributed by atoms with Gasteiger partial charge in [-0.2, -0.15) is 15.0 Å². The number of hydrogen-bond acceptors (Lipinski definition) is 5. The van der Waals surface area contributed by atoms with Crippen molar-refractivity contribution in [3.63, 3.8) is 0 Å². The number of nitrogens with one attached hydrogen (secondary N) is 2. The fourth-order valence-corrected chi connectivity index (χ4v) is 1.61. The topological polar surface area (TPSA) is 62.7 Å². The Morgan fingerprint density at radius 1 is 1.05 bits per heavy atom. The Morgan fingerprint density at radius 2 is 1.68 bits per heavy atom. The highest BCUT2D eigenvalue weighted by Crippen LogP contribution is 2.11. The van der Waals surface area contributed by atoms with Crippen molar-refractivity contribution in [3.05, 3.63) is 40.9 Å². The molecule has 0 aliphatic rings. The van der Waals surface area contributed by atoms with Crippen molar-refractivity contribution in [1.29, 1.82) is 0 Å². The number of nitrogens with zero attached hydrogens (tertiary/aromatic N) is 3. The van der Waals surface area contributed by atoms with Crippen LogP contribution in [-0.4, -0.2) is 21.5 Å². The third kappa shape index (κ3) is 4.03. The first-order valence-corrected chi connectivity index (χ1v) is 6.19. The van der Waals surface area contributed by atoms with E-state index in [1.807, 2.05) is 6.92 Å². The van der Waals surface area contributed by atoms with E-state index >= 15 is 0 Å². The third-order valence-electron chi connectivity index (χ3n) is 2.31. The second-order valence-corrected chi connectivity index (χ2v) is 4.10. The van der Waals surface area contributed by atoms with E-state index in [1.54, 1.807) is 12.1 Å². The normalized spacial score (nSPS) is 10.3. The first-order valence-electron chi connectivity index (χ1n) is 5.81. The molecule has 19 heavy (non-hydrogen) atoms. The van der Waals surface area contributed by atoms with Crippen LogP contribution in [0.2, 0.25) is 5.28 Å². The van der Waals surface area contributed by atoms with Crippen molar-refractivity contribution >= 4 is 23.5 Å². The molecule has 0 spiro atoms. The molecule has 1 aromatic heterocycles. The van der Waals surface area contributed by atoms with E-state index in [4.69, 9.17) is 11.6 Å². The number of halogens is 2. The minimum Gasteiger partial charge on any atom is -0.354 e. The number of aromatic nitrogens is 3. The standard InChI is InChI=1S/C12H13ClFN5/c1-2-15-11-17-10(13)18-12(19-11)16-7-8-3-5-9(14)6-4-8/h3-6H,2,7H2,1H3,(H2,15,16,17,18,19). The highest BCUT2D eigenvalue weighted by atomic mass is 35.5. The Hall–Kier alpha value is -1.95. The quantitative estimate of drug-likeness (QED) is 0.882. The van der Waals surface area contributed by atoms with Crippen LogP contribution in [0.25, 0.3) is 0 Å². The van der Waals surface area contributed by atoms with Gasteiger partial charge in [-0.25, -0.2) is 4.39 Å². The second kappa shape index (κ2) is 6.29. The number of anilines is 2.